The first kappa shape index (κ1) is 13.0. The summed E-state index contributed by atoms with van der Waals surface area (Å²) in [6.07, 6.45) is 2.78. The lowest BCUT2D eigenvalue weighted by Gasteiger charge is -2.33. The predicted octanol–water partition coefficient (Wildman–Crippen LogP) is 1.83. The average Bonchev–Trinajstić information content (AvgIpc) is 2.55. The van der Waals surface area contributed by atoms with Crippen LogP contribution in [0.5, 0.6) is 5.75 Å². The van der Waals surface area contributed by atoms with Gasteiger partial charge < -0.3 is 14.7 Å². The molecule has 1 heterocycles. The summed E-state index contributed by atoms with van der Waals surface area (Å²) in [7, 11) is 0. The number of hydrogen-bond acceptors (Lipinski definition) is 3. The van der Waals surface area contributed by atoms with Crippen molar-refractivity contribution >= 4 is 11.9 Å². The molecule has 0 spiro atoms. The summed E-state index contributed by atoms with van der Waals surface area (Å²) in [4.78, 5) is 25.6. The zero-order chi connectivity index (χ0) is 14.1. The summed E-state index contributed by atoms with van der Waals surface area (Å²) in [5, 5.41) is 9.55. The second-order valence-corrected chi connectivity index (χ2v) is 5.29. The van der Waals surface area contributed by atoms with Crippen molar-refractivity contribution in [1.82, 2.24) is 4.90 Å². The van der Waals surface area contributed by atoms with Crippen molar-refractivity contribution in [3.63, 3.8) is 0 Å². The van der Waals surface area contributed by atoms with E-state index in [-0.39, 0.29) is 11.8 Å². The molecule has 106 valence electrons. The molecule has 3 rings (SSSR count). The van der Waals surface area contributed by atoms with Crippen molar-refractivity contribution in [1.29, 1.82) is 0 Å². The van der Waals surface area contributed by atoms with Crippen molar-refractivity contribution in [3.05, 3.63) is 29.8 Å². The van der Waals surface area contributed by atoms with Crippen molar-refractivity contribution in [2.45, 2.75) is 25.3 Å². The zero-order valence-corrected chi connectivity index (χ0v) is 11.1. The molecule has 1 aliphatic heterocycles. The van der Waals surface area contributed by atoms with Crippen molar-refractivity contribution in [3.8, 4) is 5.75 Å². The third kappa shape index (κ3) is 2.13. The van der Waals surface area contributed by atoms with Gasteiger partial charge in [0.1, 0.15) is 12.4 Å². The molecule has 20 heavy (non-hydrogen) atoms. The molecular formula is C15H17NO4. The number of carbonyl (C=O) groups excluding carboxylic acids is 1. The minimum Gasteiger partial charge on any atom is -0.491 e. The highest BCUT2D eigenvalue weighted by atomic mass is 16.5. The highest BCUT2D eigenvalue weighted by Crippen LogP contribution is 2.36. The van der Waals surface area contributed by atoms with E-state index in [1.165, 1.54) is 4.90 Å². The molecule has 1 aromatic carbocycles. The first-order chi connectivity index (χ1) is 9.68. The molecule has 1 unspecified atom stereocenters. The average molecular weight is 275 g/mol. The summed E-state index contributed by atoms with van der Waals surface area (Å²) < 4.78 is 5.58. The number of aliphatic carboxylic acids is 1. The maximum absolute atomic E-state index is 12.5. The molecule has 1 aromatic rings. The SMILES string of the molecule is O=C(O)C1c2ccccc2OCCN1C(=O)C1CCC1. The number of rotatable bonds is 2. The monoisotopic (exact) mass is 275 g/mol. The topological polar surface area (TPSA) is 66.8 Å². The van der Waals surface area contributed by atoms with E-state index in [9.17, 15) is 14.7 Å². The lowest BCUT2D eigenvalue weighted by Crippen LogP contribution is -2.44. The van der Waals surface area contributed by atoms with Crippen LogP contribution in [0.1, 0.15) is 30.9 Å². The minimum absolute atomic E-state index is 0.0119. The molecule has 0 radical (unpaired) electrons. The molecular weight excluding hydrogens is 258 g/mol. The Bertz CT molecular complexity index is 538. The van der Waals surface area contributed by atoms with Crippen LogP contribution >= 0.6 is 0 Å². The highest BCUT2D eigenvalue weighted by Gasteiger charge is 2.39. The van der Waals surface area contributed by atoms with Crippen LogP contribution in [0.4, 0.5) is 0 Å². The molecule has 1 fully saturated rings. The molecule has 0 saturated heterocycles. The number of ether oxygens (including phenoxy) is 1. The van der Waals surface area contributed by atoms with Crippen molar-refractivity contribution < 1.29 is 19.4 Å². The molecule has 1 amide bonds. The molecule has 1 aliphatic carbocycles. The molecule has 1 atom stereocenters. The Balaban J connectivity index is 1.97. The number of benzene rings is 1. The normalized spacial score (nSPS) is 22.2. The van der Waals surface area contributed by atoms with Gasteiger partial charge in [-0.15, -0.1) is 0 Å². The number of carboxylic acid groups (broad SMARTS) is 1. The van der Waals surface area contributed by atoms with Crippen molar-refractivity contribution in [2.75, 3.05) is 13.2 Å². The van der Waals surface area contributed by atoms with E-state index < -0.39 is 12.0 Å². The van der Waals surface area contributed by atoms with E-state index in [2.05, 4.69) is 0 Å². The number of hydrogen-bond donors (Lipinski definition) is 1. The lowest BCUT2D eigenvalue weighted by atomic mass is 9.84. The Morgan fingerprint density at radius 1 is 1.25 bits per heavy atom. The summed E-state index contributed by atoms with van der Waals surface area (Å²) in [6.45, 7) is 0.653. The van der Waals surface area contributed by atoms with E-state index >= 15 is 0 Å². The van der Waals surface area contributed by atoms with Gasteiger partial charge in [-0.3, -0.25) is 4.79 Å². The Kier molecular flexibility index (Phi) is 3.34. The van der Waals surface area contributed by atoms with Gasteiger partial charge in [0.25, 0.3) is 0 Å². The Morgan fingerprint density at radius 2 is 2.00 bits per heavy atom. The van der Waals surface area contributed by atoms with Gasteiger partial charge in [0.05, 0.1) is 6.54 Å². The molecule has 5 nitrogen and oxygen atoms in total. The van der Waals surface area contributed by atoms with E-state index in [1.54, 1.807) is 24.3 Å². The Labute approximate surface area is 117 Å². The van der Waals surface area contributed by atoms with Crippen LogP contribution in [0.2, 0.25) is 0 Å². The van der Waals surface area contributed by atoms with Gasteiger partial charge in [-0.25, -0.2) is 4.79 Å². The largest absolute Gasteiger partial charge is 0.491 e. The quantitative estimate of drug-likeness (QED) is 0.894. The third-order valence-corrected chi connectivity index (χ3v) is 4.09. The summed E-state index contributed by atoms with van der Waals surface area (Å²) >= 11 is 0. The number of carbonyl (C=O) groups is 2. The van der Waals surface area contributed by atoms with Gasteiger partial charge in [0.2, 0.25) is 5.91 Å². The van der Waals surface area contributed by atoms with E-state index in [0.717, 1.165) is 19.3 Å². The van der Waals surface area contributed by atoms with Crippen LogP contribution in [0.25, 0.3) is 0 Å². The molecule has 1 N–H and O–H groups in total. The number of para-hydroxylation sites is 1. The van der Waals surface area contributed by atoms with Crippen LogP contribution in [0.15, 0.2) is 24.3 Å². The Hall–Kier alpha value is -2.04. The fraction of sp³-hybridized carbons (Fsp3) is 0.467. The smallest absolute Gasteiger partial charge is 0.331 e. The highest BCUT2D eigenvalue weighted by molar-refractivity contribution is 5.87. The maximum atomic E-state index is 12.5. The van der Waals surface area contributed by atoms with Gasteiger partial charge in [0.15, 0.2) is 6.04 Å². The van der Waals surface area contributed by atoms with Gasteiger partial charge in [-0.05, 0) is 18.9 Å². The maximum Gasteiger partial charge on any atom is 0.331 e. The molecule has 0 bridgehead atoms. The zero-order valence-electron chi connectivity index (χ0n) is 11.1. The first-order valence-electron chi connectivity index (χ1n) is 6.93. The van der Waals surface area contributed by atoms with Gasteiger partial charge in [-0.2, -0.15) is 0 Å². The van der Waals surface area contributed by atoms with E-state index in [4.69, 9.17) is 4.74 Å². The van der Waals surface area contributed by atoms with Crippen LogP contribution in [0.3, 0.4) is 0 Å². The number of carboxylic acids is 1. The van der Waals surface area contributed by atoms with Crippen LogP contribution < -0.4 is 4.74 Å². The molecule has 1 saturated carbocycles. The van der Waals surface area contributed by atoms with Crippen LogP contribution in [0, 0.1) is 5.92 Å². The van der Waals surface area contributed by atoms with E-state index in [0.29, 0.717) is 24.5 Å². The van der Waals surface area contributed by atoms with Gasteiger partial charge >= 0.3 is 5.97 Å². The predicted molar refractivity (Wildman–Crippen MR) is 71.4 cm³/mol. The van der Waals surface area contributed by atoms with Gasteiger partial charge in [-0.1, -0.05) is 24.6 Å². The number of amides is 1. The molecule has 2 aliphatic rings. The van der Waals surface area contributed by atoms with E-state index in [1.807, 2.05) is 0 Å². The lowest BCUT2D eigenvalue weighted by molar-refractivity contribution is -0.153. The Morgan fingerprint density at radius 3 is 2.65 bits per heavy atom. The number of fused-ring (bicyclic) bond motifs is 1. The third-order valence-electron chi connectivity index (χ3n) is 4.09. The second-order valence-electron chi connectivity index (χ2n) is 5.29. The van der Waals surface area contributed by atoms with Gasteiger partial charge in [0, 0.05) is 11.5 Å². The first-order valence-corrected chi connectivity index (χ1v) is 6.93. The van der Waals surface area contributed by atoms with Crippen LogP contribution in [-0.2, 0) is 9.59 Å². The van der Waals surface area contributed by atoms with Crippen LogP contribution in [-0.4, -0.2) is 35.0 Å². The standard InChI is InChI=1S/C15H17NO4/c17-14(10-4-3-5-10)16-8-9-20-12-7-2-1-6-11(12)13(16)15(18)19/h1-2,6-7,10,13H,3-5,8-9H2,(H,18,19). The summed E-state index contributed by atoms with van der Waals surface area (Å²) in [5.41, 5.74) is 0.560. The fourth-order valence-corrected chi connectivity index (χ4v) is 2.78. The second kappa shape index (κ2) is 5.15. The van der Waals surface area contributed by atoms with Crippen molar-refractivity contribution in [2.24, 2.45) is 5.92 Å². The molecule has 5 heteroatoms. The fourth-order valence-electron chi connectivity index (χ4n) is 2.78. The number of nitrogens with zero attached hydrogens (tertiary/aromatic N) is 1. The molecule has 0 aromatic heterocycles. The summed E-state index contributed by atoms with van der Waals surface area (Å²) in [6, 6.07) is 6.11. The minimum atomic E-state index is -1.00. The summed E-state index contributed by atoms with van der Waals surface area (Å²) in [5.74, 6) is -0.509.